The summed E-state index contributed by atoms with van der Waals surface area (Å²) in [7, 11) is 0. The smallest absolute Gasteiger partial charge is 0.0648 e. The van der Waals surface area contributed by atoms with E-state index < -0.39 is 0 Å². The van der Waals surface area contributed by atoms with Crippen LogP contribution in [0.3, 0.4) is 0 Å². The summed E-state index contributed by atoms with van der Waals surface area (Å²) in [6, 6.07) is 0. The lowest BCUT2D eigenvalue weighted by molar-refractivity contribution is -0.143. The minimum absolute atomic E-state index is 0.354. The Balaban J connectivity index is 1.61. The highest BCUT2D eigenvalue weighted by Crippen LogP contribution is 2.65. The highest BCUT2D eigenvalue weighted by molar-refractivity contribution is 5.16. The van der Waals surface area contributed by atoms with Crippen LogP contribution in [0.5, 0.6) is 0 Å². The van der Waals surface area contributed by atoms with Gasteiger partial charge in [-0.25, -0.2) is 0 Å². The van der Waals surface area contributed by atoms with Gasteiger partial charge in [-0.3, -0.25) is 0 Å². The average Bonchev–Trinajstić information content (AvgIpc) is 2.90. The predicted molar refractivity (Wildman–Crippen MR) is 91.5 cm³/mol. The Kier molecular flexibility index (Phi) is 3.36. The van der Waals surface area contributed by atoms with E-state index in [4.69, 9.17) is 0 Å². The van der Waals surface area contributed by atoms with Gasteiger partial charge in [0.15, 0.2) is 0 Å². The molecule has 4 rings (SSSR count). The molecular formula is C21H34O. The number of hydrogen-bond donors (Lipinski definition) is 1. The van der Waals surface area contributed by atoms with E-state index in [1.54, 1.807) is 0 Å². The van der Waals surface area contributed by atoms with Gasteiger partial charge in [0.1, 0.15) is 0 Å². The van der Waals surface area contributed by atoms with Gasteiger partial charge in [0.2, 0.25) is 0 Å². The predicted octanol–water partition coefficient (Wildman–Crippen LogP) is 5.34. The molecule has 7 atom stereocenters. The molecule has 0 unspecified atom stereocenters. The molecule has 124 valence electrons. The molecule has 1 nitrogen and oxygen atoms in total. The monoisotopic (exact) mass is 302 g/mol. The van der Waals surface area contributed by atoms with E-state index in [0.29, 0.717) is 10.8 Å². The summed E-state index contributed by atoms with van der Waals surface area (Å²) in [6.45, 7) is 7.30. The van der Waals surface area contributed by atoms with Crippen LogP contribution in [0.2, 0.25) is 0 Å². The standard InChI is InChI=1S/C21H34O/c1-4-21(22)13-12-20(3)15(14-21)7-8-16-17-6-5-10-19(17,2)11-9-18(16)20/h5-6,15-18,22H,4,7-14H2,1-3H3/t15-,16-,17-,18-,19-,20-,21-/m0/s1. The van der Waals surface area contributed by atoms with Gasteiger partial charge in [-0.1, -0.05) is 32.9 Å². The number of rotatable bonds is 1. The molecule has 3 fully saturated rings. The molecule has 4 aliphatic carbocycles. The molecule has 4 aliphatic rings. The number of hydrogen-bond acceptors (Lipinski definition) is 1. The minimum Gasteiger partial charge on any atom is -0.390 e. The highest BCUT2D eigenvalue weighted by atomic mass is 16.3. The van der Waals surface area contributed by atoms with E-state index in [1.165, 1.54) is 38.5 Å². The molecule has 0 amide bonds. The first-order valence-corrected chi connectivity index (χ1v) is 9.79. The molecular weight excluding hydrogens is 268 g/mol. The fraction of sp³-hybridized carbons (Fsp3) is 0.905. The van der Waals surface area contributed by atoms with Crippen LogP contribution in [0.15, 0.2) is 12.2 Å². The topological polar surface area (TPSA) is 20.2 Å². The van der Waals surface area contributed by atoms with Crippen LogP contribution in [0.1, 0.15) is 78.6 Å². The van der Waals surface area contributed by atoms with Crippen LogP contribution in [0, 0.1) is 34.5 Å². The fourth-order valence-electron chi connectivity index (χ4n) is 7.06. The molecule has 0 aromatic heterocycles. The largest absolute Gasteiger partial charge is 0.390 e. The van der Waals surface area contributed by atoms with Crippen molar-refractivity contribution >= 4 is 0 Å². The molecule has 22 heavy (non-hydrogen) atoms. The molecule has 0 bridgehead atoms. The van der Waals surface area contributed by atoms with Crippen LogP contribution in [-0.4, -0.2) is 10.7 Å². The highest BCUT2D eigenvalue weighted by Gasteiger charge is 2.58. The lowest BCUT2D eigenvalue weighted by Crippen LogP contribution is -2.55. The molecule has 0 saturated heterocycles. The van der Waals surface area contributed by atoms with Crippen LogP contribution in [0.4, 0.5) is 0 Å². The Labute approximate surface area is 136 Å². The van der Waals surface area contributed by atoms with Gasteiger partial charge < -0.3 is 5.11 Å². The SMILES string of the molecule is CC[C@]1(O)CC[C@@]2(C)[C@@H](CC[C@H]3[C@@H]4C=CC[C@@]4(C)CC[C@@H]32)C1. The first-order valence-electron chi connectivity index (χ1n) is 9.79. The molecule has 0 aromatic rings. The minimum atomic E-state index is -0.354. The number of aliphatic hydroxyl groups is 1. The third kappa shape index (κ3) is 2.00. The molecule has 1 heteroatoms. The molecule has 0 radical (unpaired) electrons. The Hall–Kier alpha value is -0.300. The Morgan fingerprint density at radius 2 is 1.91 bits per heavy atom. The molecule has 0 spiro atoms. The van der Waals surface area contributed by atoms with Crippen molar-refractivity contribution < 1.29 is 5.11 Å². The van der Waals surface area contributed by atoms with Crippen molar-refractivity contribution in [3.05, 3.63) is 12.2 Å². The summed E-state index contributed by atoms with van der Waals surface area (Å²) in [5, 5.41) is 10.8. The van der Waals surface area contributed by atoms with E-state index in [2.05, 4.69) is 32.9 Å². The van der Waals surface area contributed by atoms with Crippen molar-refractivity contribution in [1.29, 1.82) is 0 Å². The summed E-state index contributed by atoms with van der Waals surface area (Å²) >= 11 is 0. The quantitative estimate of drug-likeness (QED) is 0.648. The molecule has 3 saturated carbocycles. The van der Waals surface area contributed by atoms with Gasteiger partial charge in [0, 0.05) is 0 Å². The van der Waals surface area contributed by atoms with Gasteiger partial charge in [-0.15, -0.1) is 0 Å². The molecule has 0 heterocycles. The molecule has 0 aliphatic heterocycles. The summed E-state index contributed by atoms with van der Waals surface area (Å²) in [5.74, 6) is 3.44. The zero-order valence-corrected chi connectivity index (χ0v) is 14.8. The van der Waals surface area contributed by atoms with Crippen LogP contribution >= 0.6 is 0 Å². The third-order valence-corrected chi connectivity index (χ3v) is 8.78. The van der Waals surface area contributed by atoms with E-state index >= 15 is 0 Å². The normalized spacial score (nSPS) is 57.1. The van der Waals surface area contributed by atoms with E-state index in [9.17, 15) is 5.11 Å². The second-order valence-electron chi connectivity index (χ2n) is 9.68. The van der Waals surface area contributed by atoms with Crippen molar-refractivity contribution in [2.75, 3.05) is 0 Å². The maximum Gasteiger partial charge on any atom is 0.0648 e. The van der Waals surface area contributed by atoms with Gasteiger partial charge in [-0.05, 0) is 92.3 Å². The van der Waals surface area contributed by atoms with Gasteiger partial charge in [0.05, 0.1) is 5.60 Å². The van der Waals surface area contributed by atoms with Crippen molar-refractivity contribution in [3.63, 3.8) is 0 Å². The third-order valence-electron chi connectivity index (χ3n) is 8.78. The van der Waals surface area contributed by atoms with Crippen molar-refractivity contribution in [1.82, 2.24) is 0 Å². The van der Waals surface area contributed by atoms with Crippen LogP contribution in [0.25, 0.3) is 0 Å². The van der Waals surface area contributed by atoms with Crippen LogP contribution < -0.4 is 0 Å². The van der Waals surface area contributed by atoms with E-state index in [1.807, 2.05) is 0 Å². The first kappa shape index (κ1) is 15.2. The van der Waals surface area contributed by atoms with E-state index in [0.717, 1.165) is 42.9 Å². The van der Waals surface area contributed by atoms with Crippen molar-refractivity contribution in [2.24, 2.45) is 34.5 Å². The summed E-state index contributed by atoms with van der Waals surface area (Å²) < 4.78 is 0. The zero-order chi connectivity index (χ0) is 15.6. The first-order chi connectivity index (χ1) is 10.4. The summed E-state index contributed by atoms with van der Waals surface area (Å²) in [5.41, 5.74) is 0.721. The fourth-order valence-corrected chi connectivity index (χ4v) is 7.06. The summed E-state index contributed by atoms with van der Waals surface area (Å²) in [4.78, 5) is 0. The maximum atomic E-state index is 10.8. The van der Waals surface area contributed by atoms with Gasteiger partial charge in [-0.2, -0.15) is 0 Å². The lowest BCUT2D eigenvalue weighted by Gasteiger charge is -2.61. The van der Waals surface area contributed by atoms with Crippen molar-refractivity contribution in [2.45, 2.75) is 84.2 Å². The van der Waals surface area contributed by atoms with E-state index in [-0.39, 0.29) is 5.60 Å². The molecule has 0 aromatic carbocycles. The van der Waals surface area contributed by atoms with Crippen LogP contribution in [-0.2, 0) is 0 Å². The maximum absolute atomic E-state index is 10.8. The Morgan fingerprint density at radius 1 is 1.09 bits per heavy atom. The Bertz CT molecular complexity index is 482. The lowest BCUT2D eigenvalue weighted by atomic mass is 9.44. The van der Waals surface area contributed by atoms with Gasteiger partial charge in [0.25, 0.3) is 0 Å². The average molecular weight is 303 g/mol. The van der Waals surface area contributed by atoms with Crippen molar-refractivity contribution in [3.8, 4) is 0 Å². The zero-order valence-electron chi connectivity index (χ0n) is 14.8. The van der Waals surface area contributed by atoms with Gasteiger partial charge >= 0.3 is 0 Å². The summed E-state index contributed by atoms with van der Waals surface area (Å²) in [6.07, 6.45) is 16.3. The molecule has 1 N–H and O–H groups in total. The Morgan fingerprint density at radius 3 is 2.68 bits per heavy atom. The second kappa shape index (κ2) is 4.85. The number of allylic oxidation sites excluding steroid dienone is 2. The number of fused-ring (bicyclic) bond motifs is 5. The second-order valence-corrected chi connectivity index (χ2v) is 9.68.